The van der Waals surface area contributed by atoms with Gasteiger partial charge in [0.05, 0.1) is 12.3 Å². The molecule has 5 nitrogen and oxygen atoms in total. The Morgan fingerprint density at radius 1 is 1.25 bits per heavy atom. The van der Waals surface area contributed by atoms with Gasteiger partial charge in [-0.25, -0.2) is 9.97 Å². The van der Waals surface area contributed by atoms with Crippen LogP contribution in [0.4, 0.5) is 5.95 Å². The van der Waals surface area contributed by atoms with Crippen molar-refractivity contribution in [3.05, 3.63) is 36.5 Å². The number of rotatable bonds is 6. The number of nitrogens with two attached hydrogens (primary N) is 1. The summed E-state index contributed by atoms with van der Waals surface area (Å²) in [5, 5.41) is 0. The van der Waals surface area contributed by atoms with E-state index < -0.39 is 0 Å². The lowest BCUT2D eigenvalue weighted by molar-refractivity contribution is 0.281. The zero-order valence-electron chi connectivity index (χ0n) is 11.9. The van der Waals surface area contributed by atoms with Crippen LogP contribution in [0.5, 0.6) is 5.75 Å². The van der Waals surface area contributed by atoms with E-state index in [1.165, 1.54) is 0 Å². The van der Waals surface area contributed by atoms with E-state index in [-0.39, 0.29) is 5.95 Å². The van der Waals surface area contributed by atoms with E-state index in [0.29, 0.717) is 6.61 Å². The zero-order valence-corrected chi connectivity index (χ0v) is 11.9. The fourth-order valence-electron chi connectivity index (χ4n) is 1.85. The predicted molar refractivity (Wildman–Crippen MR) is 80.5 cm³/mol. The second-order valence-electron chi connectivity index (χ2n) is 4.83. The van der Waals surface area contributed by atoms with Crippen LogP contribution in [0.1, 0.15) is 6.42 Å². The van der Waals surface area contributed by atoms with Gasteiger partial charge in [0.2, 0.25) is 5.95 Å². The Hall–Kier alpha value is -2.14. The van der Waals surface area contributed by atoms with Gasteiger partial charge in [0.1, 0.15) is 5.75 Å². The van der Waals surface area contributed by atoms with Crippen molar-refractivity contribution in [2.45, 2.75) is 6.42 Å². The number of benzene rings is 1. The molecule has 1 aromatic heterocycles. The Balaban J connectivity index is 2.01. The second-order valence-corrected chi connectivity index (χ2v) is 4.83. The quantitative estimate of drug-likeness (QED) is 0.815. The third kappa shape index (κ3) is 4.20. The number of ether oxygens (including phenoxy) is 1. The van der Waals surface area contributed by atoms with Crippen molar-refractivity contribution in [3.8, 4) is 17.0 Å². The van der Waals surface area contributed by atoms with E-state index in [0.717, 1.165) is 30.0 Å². The Bertz CT molecular complexity index is 557. The number of hydrogen-bond donors (Lipinski definition) is 1. The highest BCUT2D eigenvalue weighted by Crippen LogP contribution is 2.22. The first-order valence-electron chi connectivity index (χ1n) is 6.61. The summed E-state index contributed by atoms with van der Waals surface area (Å²) in [6.07, 6.45) is 2.65. The molecule has 0 saturated heterocycles. The summed E-state index contributed by atoms with van der Waals surface area (Å²) in [5.41, 5.74) is 7.38. The van der Waals surface area contributed by atoms with Crippen molar-refractivity contribution in [3.63, 3.8) is 0 Å². The van der Waals surface area contributed by atoms with Crippen LogP contribution in [0, 0.1) is 0 Å². The first-order valence-corrected chi connectivity index (χ1v) is 6.61. The predicted octanol–water partition coefficient (Wildman–Crippen LogP) is 2.06. The summed E-state index contributed by atoms with van der Waals surface area (Å²) in [4.78, 5) is 10.2. The highest BCUT2D eigenvalue weighted by molar-refractivity contribution is 5.61. The fraction of sp³-hybridized carbons (Fsp3) is 0.333. The van der Waals surface area contributed by atoms with Crippen LogP contribution in [0.15, 0.2) is 36.5 Å². The van der Waals surface area contributed by atoms with Gasteiger partial charge in [-0.3, -0.25) is 0 Å². The zero-order chi connectivity index (χ0) is 14.4. The van der Waals surface area contributed by atoms with Crippen LogP contribution < -0.4 is 10.5 Å². The molecular weight excluding hydrogens is 252 g/mol. The normalized spacial score (nSPS) is 10.8. The third-order valence-electron chi connectivity index (χ3n) is 2.82. The van der Waals surface area contributed by atoms with Crippen LogP contribution in [-0.2, 0) is 0 Å². The summed E-state index contributed by atoms with van der Waals surface area (Å²) in [7, 11) is 4.11. The lowest BCUT2D eigenvalue weighted by Gasteiger charge is -2.11. The van der Waals surface area contributed by atoms with Gasteiger partial charge < -0.3 is 15.4 Å². The van der Waals surface area contributed by atoms with Crippen LogP contribution in [0.2, 0.25) is 0 Å². The number of aromatic nitrogens is 2. The van der Waals surface area contributed by atoms with Gasteiger partial charge >= 0.3 is 0 Å². The molecule has 2 rings (SSSR count). The van der Waals surface area contributed by atoms with Crippen molar-refractivity contribution in [2.75, 3.05) is 33.0 Å². The van der Waals surface area contributed by atoms with Crippen LogP contribution >= 0.6 is 0 Å². The highest BCUT2D eigenvalue weighted by atomic mass is 16.5. The Morgan fingerprint density at radius 3 is 2.85 bits per heavy atom. The van der Waals surface area contributed by atoms with Gasteiger partial charge in [-0.2, -0.15) is 0 Å². The Morgan fingerprint density at radius 2 is 2.10 bits per heavy atom. The van der Waals surface area contributed by atoms with Crippen molar-refractivity contribution in [1.29, 1.82) is 0 Å². The third-order valence-corrected chi connectivity index (χ3v) is 2.82. The first kappa shape index (κ1) is 14.3. The molecule has 20 heavy (non-hydrogen) atoms. The van der Waals surface area contributed by atoms with Gasteiger partial charge in [-0.15, -0.1) is 0 Å². The number of nitrogens with zero attached hydrogens (tertiary/aromatic N) is 3. The van der Waals surface area contributed by atoms with E-state index in [1.54, 1.807) is 6.20 Å². The summed E-state index contributed by atoms with van der Waals surface area (Å²) in [6.45, 7) is 1.72. The molecule has 0 aliphatic rings. The number of anilines is 1. The molecule has 0 aliphatic carbocycles. The molecule has 0 amide bonds. The molecular formula is C15H20N4O. The molecule has 0 unspecified atom stereocenters. The molecule has 0 bridgehead atoms. The average molecular weight is 272 g/mol. The SMILES string of the molecule is CN(C)CCCOc1cccc(-c2ccnc(N)n2)c1. The van der Waals surface area contributed by atoms with Crippen LogP contribution in [-0.4, -0.2) is 42.1 Å². The van der Waals surface area contributed by atoms with Crippen molar-refractivity contribution >= 4 is 5.95 Å². The summed E-state index contributed by atoms with van der Waals surface area (Å²) >= 11 is 0. The van der Waals surface area contributed by atoms with Gasteiger partial charge in [0.15, 0.2) is 0 Å². The Kier molecular flexibility index (Phi) is 4.90. The van der Waals surface area contributed by atoms with E-state index in [4.69, 9.17) is 10.5 Å². The monoisotopic (exact) mass is 272 g/mol. The molecule has 0 atom stereocenters. The minimum absolute atomic E-state index is 0.278. The maximum absolute atomic E-state index is 5.75. The van der Waals surface area contributed by atoms with Crippen molar-refractivity contribution < 1.29 is 4.74 Å². The molecule has 0 saturated carbocycles. The minimum Gasteiger partial charge on any atom is -0.494 e. The van der Waals surface area contributed by atoms with Gasteiger partial charge in [-0.05, 0) is 38.7 Å². The van der Waals surface area contributed by atoms with E-state index in [1.807, 2.05) is 30.3 Å². The lowest BCUT2D eigenvalue weighted by Crippen LogP contribution is -2.15. The molecule has 0 spiro atoms. The van der Waals surface area contributed by atoms with E-state index in [2.05, 4.69) is 29.0 Å². The van der Waals surface area contributed by atoms with E-state index >= 15 is 0 Å². The summed E-state index contributed by atoms with van der Waals surface area (Å²) in [5.74, 6) is 1.12. The number of nitrogen functional groups attached to an aromatic ring is 1. The van der Waals surface area contributed by atoms with Crippen molar-refractivity contribution in [2.24, 2.45) is 0 Å². The molecule has 1 aromatic carbocycles. The summed E-state index contributed by atoms with van der Waals surface area (Å²) in [6, 6.07) is 9.69. The topological polar surface area (TPSA) is 64.3 Å². The van der Waals surface area contributed by atoms with Crippen molar-refractivity contribution in [1.82, 2.24) is 14.9 Å². The molecule has 2 N–H and O–H groups in total. The standard InChI is InChI=1S/C15H20N4O/c1-19(2)9-4-10-20-13-6-3-5-12(11-13)14-7-8-17-15(16)18-14/h3,5-8,11H,4,9-10H2,1-2H3,(H2,16,17,18). The van der Waals surface area contributed by atoms with Gasteiger partial charge in [-0.1, -0.05) is 12.1 Å². The molecule has 0 radical (unpaired) electrons. The fourth-order valence-corrected chi connectivity index (χ4v) is 1.85. The Labute approximate surface area is 119 Å². The minimum atomic E-state index is 0.278. The van der Waals surface area contributed by atoms with Crippen LogP contribution in [0.3, 0.4) is 0 Å². The van der Waals surface area contributed by atoms with E-state index in [9.17, 15) is 0 Å². The molecule has 0 aliphatic heterocycles. The van der Waals surface area contributed by atoms with Gasteiger partial charge in [0.25, 0.3) is 0 Å². The van der Waals surface area contributed by atoms with Gasteiger partial charge in [0, 0.05) is 18.3 Å². The average Bonchev–Trinajstić information content (AvgIpc) is 2.44. The number of hydrogen-bond acceptors (Lipinski definition) is 5. The molecule has 0 fully saturated rings. The smallest absolute Gasteiger partial charge is 0.220 e. The maximum atomic E-state index is 5.75. The lowest BCUT2D eigenvalue weighted by atomic mass is 10.1. The maximum Gasteiger partial charge on any atom is 0.220 e. The second kappa shape index (κ2) is 6.86. The molecule has 2 aromatic rings. The molecule has 5 heteroatoms. The van der Waals surface area contributed by atoms with Crippen LogP contribution in [0.25, 0.3) is 11.3 Å². The first-order chi connectivity index (χ1) is 9.65. The molecule has 106 valence electrons. The largest absolute Gasteiger partial charge is 0.494 e. The summed E-state index contributed by atoms with van der Waals surface area (Å²) < 4.78 is 5.75. The molecule has 1 heterocycles. The highest BCUT2D eigenvalue weighted by Gasteiger charge is 2.02.